The lowest BCUT2D eigenvalue weighted by Gasteiger charge is -2.01. The Morgan fingerprint density at radius 2 is 2.00 bits per heavy atom. The smallest absolute Gasteiger partial charge is 0.141 e. The molecule has 0 amide bonds. The summed E-state index contributed by atoms with van der Waals surface area (Å²) in [5.41, 5.74) is 9.51. The predicted octanol–water partition coefficient (Wildman–Crippen LogP) is 1.82. The molecule has 0 aliphatic rings. The summed E-state index contributed by atoms with van der Waals surface area (Å²) in [5, 5.41) is 8.90. The summed E-state index contributed by atoms with van der Waals surface area (Å²) in [6, 6.07) is 9.22. The molecule has 3 rings (SSSR count). The number of nitrogen functional groups attached to an aromatic ring is 1. The van der Waals surface area contributed by atoms with Crippen molar-refractivity contribution in [2.24, 2.45) is 7.05 Å². The van der Waals surface area contributed by atoms with Gasteiger partial charge in [-0.2, -0.15) is 5.26 Å². The maximum absolute atomic E-state index is 8.90. The standard InChI is InChI=1S/C16H11N5/c1-21-10-20-14-9-19-16(18)13(15(14)21)6-5-11-3-2-4-12(7-11)8-17/h2-4,7,9-10H,1H3,(H2,18,19). The van der Waals surface area contributed by atoms with Gasteiger partial charge in [-0.15, -0.1) is 0 Å². The zero-order valence-corrected chi connectivity index (χ0v) is 11.3. The second-order valence-electron chi connectivity index (χ2n) is 4.55. The lowest BCUT2D eigenvalue weighted by Crippen LogP contribution is -1.98. The molecule has 3 aromatic rings. The first-order chi connectivity index (χ1) is 10.2. The van der Waals surface area contributed by atoms with Crippen LogP contribution >= 0.6 is 0 Å². The van der Waals surface area contributed by atoms with Gasteiger partial charge < -0.3 is 10.3 Å². The van der Waals surface area contributed by atoms with Crippen LogP contribution < -0.4 is 5.73 Å². The van der Waals surface area contributed by atoms with Gasteiger partial charge in [0.2, 0.25) is 0 Å². The van der Waals surface area contributed by atoms with E-state index in [0.29, 0.717) is 16.9 Å². The highest BCUT2D eigenvalue weighted by Gasteiger charge is 2.08. The van der Waals surface area contributed by atoms with Crippen LogP contribution in [0, 0.1) is 23.2 Å². The fourth-order valence-electron chi connectivity index (χ4n) is 2.09. The van der Waals surface area contributed by atoms with E-state index in [-0.39, 0.29) is 0 Å². The number of rotatable bonds is 0. The van der Waals surface area contributed by atoms with Crippen molar-refractivity contribution in [3.8, 4) is 17.9 Å². The lowest BCUT2D eigenvalue weighted by atomic mass is 10.1. The minimum absolute atomic E-state index is 0.370. The zero-order valence-electron chi connectivity index (χ0n) is 11.3. The number of pyridine rings is 1. The summed E-state index contributed by atoms with van der Waals surface area (Å²) in [7, 11) is 1.89. The Labute approximate surface area is 121 Å². The van der Waals surface area contributed by atoms with Gasteiger partial charge in [0.1, 0.15) is 11.3 Å². The number of imidazole rings is 1. The molecule has 100 valence electrons. The Morgan fingerprint density at radius 3 is 2.81 bits per heavy atom. The van der Waals surface area contributed by atoms with Gasteiger partial charge in [-0.1, -0.05) is 17.9 Å². The molecule has 2 aromatic heterocycles. The normalized spacial score (nSPS) is 9.90. The van der Waals surface area contributed by atoms with E-state index in [2.05, 4.69) is 27.9 Å². The molecule has 0 saturated carbocycles. The van der Waals surface area contributed by atoms with Crippen LogP contribution in [0.25, 0.3) is 11.0 Å². The summed E-state index contributed by atoms with van der Waals surface area (Å²) in [4.78, 5) is 8.35. The first kappa shape index (κ1) is 12.7. The summed E-state index contributed by atoms with van der Waals surface area (Å²) >= 11 is 0. The van der Waals surface area contributed by atoms with E-state index >= 15 is 0 Å². The number of benzene rings is 1. The van der Waals surface area contributed by atoms with E-state index in [1.807, 2.05) is 17.7 Å². The highest BCUT2D eigenvalue weighted by Crippen LogP contribution is 2.19. The SMILES string of the molecule is Cn1cnc2cnc(N)c(C#Cc3cccc(C#N)c3)c21. The van der Waals surface area contributed by atoms with Crippen LogP contribution in [0.5, 0.6) is 0 Å². The van der Waals surface area contributed by atoms with Gasteiger partial charge in [0.15, 0.2) is 0 Å². The van der Waals surface area contributed by atoms with Crippen molar-refractivity contribution in [2.75, 3.05) is 5.73 Å². The average molecular weight is 273 g/mol. The molecule has 5 heteroatoms. The minimum Gasteiger partial charge on any atom is -0.383 e. The monoisotopic (exact) mass is 273 g/mol. The molecule has 0 bridgehead atoms. The van der Waals surface area contributed by atoms with E-state index in [1.165, 1.54) is 0 Å². The van der Waals surface area contributed by atoms with Crippen molar-refractivity contribution in [3.63, 3.8) is 0 Å². The molecule has 0 fully saturated rings. The Bertz CT molecular complexity index is 935. The molecule has 0 radical (unpaired) electrons. The molecule has 21 heavy (non-hydrogen) atoms. The number of nitrogens with zero attached hydrogens (tertiary/aromatic N) is 4. The Balaban J connectivity index is 2.15. The van der Waals surface area contributed by atoms with Crippen LogP contribution in [0.3, 0.4) is 0 Å². The molecular formula is C16H11N5. The van der Waals surface area contributed by atoms with Crippen molar-refractivity contribution in [2.45, 2.75) is 0 Å². The van der Waals surface area contributed by atoms with Gasteiger partial charge in [0.05, 0.1) is 35.2 Å². The molecule has 0 saturated heterocycles. The van der Waals surface area contributed by atoms with Crippen molar-refractivity contribution in [1.29, 1.82) is 5.26 Å². The highest BCUT2D eigenvalue weighted by atomic mass is 15.0. The van der Waals surface area contributed by atoms with Gasteiger partial charge in [-0.3, -0.25) is 0 Å². The van der Waals surface area contributed by atoms with Crippen LogP contribution in [0.2, 0.25) is 0 Å². The second kappa shape index (κ2) is 4.99. The molecule has 5 nitrogen and oxygen atoms in total. The van der Waals surface area contributed by atoms with E-state index in [9.17, 15) is 0 Å². The largest absolute Gasteiger partial charge is 0.383 e. The Kier molecular flexibility index (Phi) is 3.02. The number of fused-ring (bicyclic) bond motifs is 1. The first-order valence-electron chi connectivity index (χ1n) is 6.26. The lowest BCUT2D eigenvalue weighted by molar-refractivity contribution is 0.946. The highest BCUT2D eigenvalue weighted by molar-refractivity contribution is 5.85. The number of hydrogen-bond acceptors (Lipinski definition) is 4. The topological polar surface area (TPSA) is 80.5 Å². The molecule has 0 aliphatic heterocycles. The van der Waals surface area contributed by atoms with Crippen molar-refractivity contribution in [1.82, 2.24) is 14.5 Å². The number of hydrogen-bond donors (Lipinski definition) is 1. The Morgan fingerprint density at radius 1 is 1.19 bits per heavy atom. The molecule has 0 aliphatic carbocycles. The molecule has 0 atom stereocenters. The zero-order chi connectivity index (χ0) is 14.8. The van der Waals surface area contributed by atoms with Crippen LogP contribution in [-0.4, -0.2) is 14.5 Å². The van der Waals surface area contributed by atoms with E-state index in [4.69, 9.17) is 11.0 Å². The van der Waals surface area contributed by atoms with Crippen LogP contribution in [0.15, 0.2) is 36.8 Å². The van der Waals surface area contributed by atoms with Gasteiger partial charge in [0.25, 0.3) is 0 Å². The molecule has 0 unspecified atom stereocenters. The summed E-state index contributed by atoms with van der Waals surface area (Å²) in [6.45, 7) is 0. The van der Waals surface area contributed by atoms with Crippen molar-refractivity contribution >= 4 is 16.9 Å². The Hall–Kier alpha value is -3.31. The van der Waals surface area contributed by atoms with E-state index in [0.717, 1.165) is 16.6 Å². The maximum Gasteiger partial charge on any atom is 0.141 e. The van der Waals surface area contributed by atoms with Gasteiger partial charge in [0, 0.05) is 12.6 Å². The van der Waals surface area contributed by atoms with E-state index in [1.54, 1.807) is 30.7 Å². The summed E-state index contributed by atoms with van der Waals surface area (Å²) in [6.07, 6.45) is 3.33. The van der Waals surface area contributed by atoms with Crippen LogP contribution in [0.1, 0.15) is 16.7 Å². The van der Waals surface area contributed by atoms with Crippen molar-refractivity contribution in [3.05, 3.63) is 53.5 Å². The fourth-order valence-corrected chi connectivity index (χ4v) is 2.09. The fraction of sp³-hybridized carbons (Fsp3) is 0.0625. The molecule has 2 N–H and O–H groups in total. The molecular weight excluding hydrogens is 262 g/mol. The van der Waals surface area contributed by atoms with Crippen LogP contribution in [-0.2, 0) is 7.05 Å². The van der Waals surface area contributed by atoms with Crippen LogP contribution in [0.4, 0.5) is 5.82 Å². The maximum atomic E-state index is 8.90. The third-order valence-electron chi connectivity index (χ3n) is 3.11. The summed E-state index contributed by atoms with van der Waals surface area (Å²) < 4.78 is 1.86. The number of nitrogens with two attached hydrogens (primary N) is 1. The number of anilines is 1. The molecule has 1 aromatic carbocycles. The van der Waals surface area contributed by atoms with Gasteiger partial charge in [-0.05, 0) is 18.2 Å². The molecule has 0 spiro atoms. The number of nitriles is 1. The molecule has 2 heterocycles. The third-order valence-corrected chi connectivity index (χ3v) is 3.11. The quantitative estimate of drug-likeness (QED) is 0.633. The van der Waals surface area contributed by atoms with E-state index < -0.39 is 0 Å². The van der Waals surface area contributed by atoms with Gasteiger partial charge >= 0.3 is 0 Å². The van der Waals surface area contributed by atoms with Crippen molar-refractivity contribution < 1.29 is 0 Å². The predicted molar refractivity (Wildman–Crippen MR) is 80.1 cm³/mol. The minimum atomic E-state index is 0.370. The number of aromatic nitrogens is 3. The number of aryl methyl sites for hydroxylation is 1. The van der Waals surface area contributed by atoms with Gasteiger partial charge in [-0.25, -0.2) is 9.97 Å². The summed E-state index contributed by atoms with van der Waals surface area (Å²) in [5.74, 6) is 6.44. The average Bonchev–Trinajstić information content (AvgIpc) is 2.88. The third kappa shape index (κ3) is 2.29. The second-order valence-corrected chi connectivity index (χ2v) is 4.55. The first-order valence-corrected chi connectivity index (χ1v) is 6.26.